The predicted octanol–water partition coefficient (Wildman–Crippen LogP) is 3.25. The molecule has 0 radical (unpaired) electrons. The molecule has 0 N–H and O–H groups in total. The van der Waals surface area contributed by atoms with Gasteiger partial charge < -0.3 is 9.64 Å². The molecule has 0 fully saturated rings. The lowest BCUT2D eigenvalue weighted by molar-refractivity contribution is 0.0909. The van der Waals surface area contributed by atoms with Crippen molar-refractivity contribution in [2.45, 2.75) is 0 Å². The van der Waals surface area contributed by atoms with Gasteiger partial charge in [-0.3, -0.25) is 4.79 Å². The Morgan fingerprint density at radius 1 is 0.950 bits per heavy atom. The summed E-state index contributed by atoms with van der Waals surface area (Å²) in [7, 11) is 0. The van der Waals surface area contributed by atoms with Gasteiger partial charge in [0.25, 0.3) is 0 Å². The summed E-state index contributed by atoms with van der Waals surface area (Å²) in [5.74, 6) is 0.317. The van der Waals surface area contributed by atoms with E-state index in [0.29, 0.717) is 17.9 Å². The quantitative estimate of drug-likeness (QED) is 0.798. The zero-order valence-electron chi connectivity index (χ0n) is 11.0. The van der Waals surface area contributed by atoms with Crippen molar-refractivity contribution in [1.29, 1.82) is 0 Å². The molecule has 0 aromatic heterocycles. The van der Waals surface area contributed by atoms with E-state index >= 15 is 0 Å². The number of rotatable bonds is 3. The fourth-order valence-electron chi connectivity index (χ4n) is 2.18. The number of para-hydroxylation sites is 1. The molecule has 0 spiro atoms. The van der Waals surface area contributed by atoms with Crippen LogP contribution in [0.3, 0.4) is 0 Å². The second kappa shape index (κ2) is 5.61. The van der Waals surface area contributed by atoms with E-state index in [4.69, 9.17) is 4.74 Å². The summed E-state index contributed by atoms with van der Waals surface area (Å²) in [6.07, 6.45) is 1.79. The molecule has 0 bridgehead atoms. The van der Waals surface area contributed by atoms with Crippen LogP contribution in [0, 0.1) is 0 Å². The molecule has 2 aromatic carbocycles. The number of Topliss-reactive ketones (excluding diaryl/α,β-unsaturated/α-hetero) is 1. The first-order valence-electron chi connectivity index (χ1n) is 6.60. The molecule has 20 heavy (non-hydrogen) atoms. The molecule has 1 aliphatic rings. The molecule has 0 unspecified atom stereocenters. The molecule has 0 saturated carbocycles. The Kier molecular flexibility index (Phi) is 3.50. The Morgan fingerprint density at radius 2 is 1.60 bits per heavy atom. The van der Waals surface area contributed by atoms with E-state index < -0.39 is 0 Å². The van der Waals surface area contributed by atoms with Crippen LogP contribution in [0.1, 0.15) is 10.4 Å². The molecular weight excluding hydrogens is 250 g/mol. The van der Waals surface area contributed by atoms with Gasteiger partial charge >= 0.3 is 0 Å². The van der Waals surface area contributed by atoms with Crippen molar-refractivity contribution < 1.29 is 9.53 Å². The zero-order valence-corrected chi connectivity index (χ0v) is 11.0. The number of benzene rings is 2. The number of hydrogen-bond acceptors (Lipinski definition) is 3. The molecule has 1 aliphatic heterocycles. The minimum Gasteiger partial charge on any atom is -0.486 e. The zero-order chi connectivity index (χ0) is 13.8. The highest BCUT2D eigenvalue weighted by molar-refractivity contribution is 6.07. The van der Waals surface area contributed by atoms with Crippen molar-refractivity contribution in [3.8, 4) is 0 Å². The largest absolute Gasteiger partial charge is 0.486 e. The van der Waals surface area contributed by atoms with Crippen LogP contribution in [0.25, 0.3) is 0 Å². The number of carbonyl (C=O) groups is 1. The van der Waals surface area contributed by atoms with Gasteiger partial charge in [0.1, 0.15) is 6.61 Å². The van der Waals surface area contributed by atoms with Gasteiger partial charge in [-0.1, -0.05) is 48.5 Å². The molecular formula is C17H15NO2. The monoisotopic (exact) mass is 265 g/mol. The lowest BCUT2D eigenvalue weighted by Gasteiger charge is -2.26. The summed E-state index contributed by atoms with van der Waals surface area (Å²) >= 11 is 0. The number of nitrogens with zero attached hydrogens (tertiary/aromatic N) is 1. The van der Waals surface area contributed by atoms with Crippen LogP contribution >= 0.6 is 0 Å². The van der Waals surface area contributed by atoms with Crippen LogP contribution in [0.4, 0.5) is 5.69 Å². The molecule has 0 atom stereocenters. The molecule has 3 heteroatoms. The third kappa shape index (κ3) is 2.57. The molecule has 0 amide bonds. The van der Waals surface area contributed by atoms with E-state index in [-0.39, 0.29) is 5.78 Å². The second-order valence-corrected chi connectivity index (χ2v) is 4.57. The van der Waals surface area contributed by atoms with Crippen molar-refractivity contribution in [2.75, 3.05) is 18.1 Å². The number of hydrogen-bond donors (Lipinski definition) is 0. The number of anilines is 1. The topological polar surface area (TPSA) is 29.5 Å². The third-order valence-corrected chi connectivity index (χ3v) is 3.21. The van der Waals surface area contributed by atoms with Crippen molar-refractivity contribution >= 4 is 11.5 Å². The number of ketones is 1. The molecule has 3 nitrogen and oxygen atoms in total. The van der Waals surface area contributed by atoms with Gasteiger partial charge in [-0.15, -0.1) is 0 Å². The summed E-state index contributed by atoms with van der Waals surface area (Å²) in [6, 6.07) is 19.2. The van der Waals surface area contributed by atoms with E-state index in [1.165, 1.54) is 0 Å². The van der Waals surface area contributed by atoms with Crippen molar-refractivity contribution in [3.63, 3.8) is 0 Å². The summed E-state index contributed by atoms with van der Waals surface area (Å²) in [5, 5.41) is 0. The van der Waals surface area contributed by atoms with E-state index in [1.54, 1.807) is 18.3 Å². The van der Waals surface area contributed by atoms with Crippen LogP contribution < -0.4 is 4.90 Å². The first-order valence-corrected chi connectivity index (χ1v) is 6.60. The minimum atomic E-state index is -0.0776. The minimum absolute atomic E-state index is 0.0776. The predicted molar refractivity (Wildman–Crippen MR) is 78.6 cm³/mol. The van der Waals surface area contributed by atoms with Gasteiger partial charge in [0, 0.05) is 11.3 Å². The first kappa shape index (κ1) is 12.5. The number of carbonyl (C=O) groups excluding carboxylic acids is 1. The molecule has 100 valence electrons. The van der Waals surface area contributed by atoms with Gasteiger partial charge in [-0.05, 0) is 12.1 Å². The van der Waals surface area contributed by atoms with Crippen molar-refractivity contribution in [1.82, 2.24) is 0 Å². The van der Waals surface area contributed by atoms with Crippen LogP contribution in [0.15, 0.2) is 72.6 Å². The van der Waals surface area contributed by atoms with Crippen LogP contribution in [0.2, 0.25) is 0 Å². The van der Waals surface area contributed by atoms with Crippen LogP contribution in [-0.2, 0) is 4.74 Å². The highest BCUT2D eigenvalue weighted by Crippen LogP contribution is 2.20. The highest BCUT2D eigenvalue weighted by Gasteiger charge is 2.19. The Hall–Kier alpha value is -2.55. The Morgan fingerprint density at radius 3 is 2.30 bits per heavy atom. The molecule has 1 heterocycles. The average molecular weight is 265 g/mol. The van der Waals surface area contributed by atoms with E-state index in [9.17, 15) is 4.79 Å². The fourth-order valence-corrected chi connectivity index (χ4v) is 2.18. The summed E-state index contributed by atoms with van der Waals surface area (Å²) in [4.78, 5) is 14.4. The van der Waals surface area contributed by atoms with E-state index in [0.717, 1.165) is 12.2 Å². The summed E-state index contributed by atoms with van der Waals surface area (Å²) in [5.41, 5.74) is 1.71. The smallest absolute Gasteiger partial charge is 0.229 e. The second-order valence-electron chi connectivity index (χ2n) is 4.57. The van der Waals surface area contributed by atoms with Gasteiger partial charge in [-0.25, -0.2) is 0 Å². The highest BCUT2D eigenvalue weighted by atomic mass is 16.5. The van der Waals surface area contributed by atoms with Crippen LogP contribution in [-0.4, -0.2) is 18.9 Å². The van der Waals surface area contributed by atoms with Gasteiger partial charge in [-0.2, -0.15) is 0 Å². The SMILES string of the molecule is O=C(C1=CN(c2ccccc2)CCO1)c1ccccc1. The summed E-state index contributed by atoms with van der Waals surface area (Å²) < 4.78 is 5.52. The Bertz CT molecular complexity index is 620. The maximum Gasteiger partial charge on any atom is 0.229 e. The van der Waals surface area contributed by atoms with Crippen molar-refractivity contribution in [2.24, 2.45) is 0 Å². The van der Waals surface area contributed by atoms with Crippen LogP contribution in [0.5, 0.6) is 0 Å². The van der Waals surface area contributed by atoms with Crippen molar-refractivity contribution in [3.05, 3.63) is 78.2 Å². The number of allylic oxidation sites excluding steroid dienone is 1. The third-order valence-electron chi connectivity index (χ3n) is 3.21. The standard InChI is InChI=1S/C17H15NO2/c19-17(14-7-3-1-4-8-14)16-13-18(11-12-20-16)15-9-5-2-6-10-15/h1-10,13H,11-12H2. The Balaban J connectivity index is 1.87. The van der Waals surface area contributed by atoms with Gasteiger partial charge in [0.15, 0.2) is 5.76 Å². The Labute approximate surface area is 118 Å². The van der Waals surface area contributed by atoms with Gasteiger partial charge in [0.05, 0.1) is 12.7 Å². The molecule has 0 saturated heterocycles. The van der Waals surface area contributed by atoms with E-state index in [1.807, 2.05) is 53.4 Å². The maximum atomic E-state index is 12.4. The normalized spacial score (nSPS) is 14.4. The lowest BCUT2D eigenvalue weighted by Crippen LogP contribution is -2.29. The molecule has 0 aliphatic carbocycles. The van der Waals surface area contributed by atoms with E-state index in [2.05, 4.69) is 0 Å². The summed E-state index contributed by atoms with van der Waals surface area (Å²) in [6.45, 7) is 1.26. The fraction of sp³-hybridized carbons (Fsp3) is 0.118. The first-order chi connectivity index (χ1) is 9.84. The lowest BCUT2D eigenvalue weighted by atomic mass is 10.1. The molecule has 3 rings (SSSR count). The average Bonchev–Trinajstić information content (AvgIpc) is 2.56. The number of ether oxygens (including phenoxy) is 1. The molecule has 2 aromatic rings. The van der Waals surface area contributed by atoms with Gasteiger partial charge in [0.2, 0.25) is 5.78 Å². The maximum absolute atomic E-state index is 12.4.